The number of hydrogen-bond donors (Lipinski definition) is 4. The minimum absolute atomic E-state index is 0.0262. The van der Waals surface area contributed by atoms with Crippen molar-refractivity contribution < 1.29 is 34.1 Å². The number of aromatic amines is 2. The van der Waals surface area contributed by atoms with E-state index in [1.165, 1.54) is 16.1 Å². The van der Waals surface area contributed by atoms with E-state index < -0.39 is 23.0 Å². The van der Waals surface area contributed by atoms with E-state index in [2.05, 4.69) is 33.6 Å². The van der Waals surface area contributed by atoms with E-state index in [1.54, 1.807) is 59.1 Å². The Hall–Kier alpha value is -5.57. The Balaban J connectivity index is 0.000000241. The van der Waals surface area contributed by atoms with E-state index in [0.717, 1.165) is 0 Å². The fourth-order valence-electron chi connectivity index (χ4n) is 5.98. The van der Waals surface area contributed by atoms with Crippen LogP contribution in [0.25, 0.3) is 21.8 Å². The molecule has 5 rings (SSSR count). The van der Waals surface area contributed by atoms with Crippen molar-refractivity contribution >= 4 is 39.7 Å². The van der Waals surface area contributed by atoms with Crippen LogP contribution in [0.15, 0.2) is 22.0 Å². The Kier molecular flexibility index (Phi) is 12.1. The number of pyridine rings is 2. The lowest BCUT2D eigenvalue weighted by Crippen LogP contribution is -2.45. The summed E-state index contributed by atoms with van der Waals surface area (Å²) >= 11 is 0. The molecular weight excluding hydrogens is 682 g/mol. The zero-order chi connectivity index (χ0) is 39.4. The quantitative estimate of drug-likeness (QED) is 0.177. The monoisotopic (exact) mass is 729 g/mol. The number of carbonyl (C=O) groups is 3. The number of aromatic nitrogens is 4. The van der Waals surface area contributed by atoms with Crippen molar-refractivity contribution in [3.63, 3.8) is 0 Å². The molecule has 0 spiro atoms. The Morgan fingerprint density at radius 1 is 0.849 bits per heavy atom. The van der Waals surface area contributed by atoms with Gasteiger partial charge in [0.1, 0.15) is 16.6 Å². The Morgan fingerprint density at radius 2 is 1.28 bits per heavy atom. The largest absolute Gasteiger partial charge is 0.462 e. The zero-order valence-corrected chi connectivity index (χ0v) is 31.7. The number of nitrogens with one attached hydrogen (secondary N) is 2. The lowest BCUT2D eigenvalue weighted by molar-refractivity contribution is -0.131. The topological polar surface area (TPSA) is 189 Å². The van der Waals surface area contributed by atoms with Crippen molar-refractivity contribution in [1.29, 1.82) is 0 Å². The van der Waals surface area contributed by atoms with Crippen molar-refractivity contribution in [1.82, 2.24) is 24.0 Å². The fourth-order valence-corrected chi connectivity index (χ4v) is 5.98. The lowest BCUT2D eigenvalue weighted by atomic mass is 9.91. The fraction of sp³-hybridized carbons (Fsp3) is 0.462. The molecule has 53 heavy (non-hydrogen) atoms. The van der Waals surface area contributed by atoms with Gasteiger partial charge in [-0.1, -0.05) is 23.7 Å². The summed E-state index contributed by atoms with van der Waals surface area (Å²) in [6.45, 7) is 13.2. The van der Waals surface area contributed by atoms with Gasteiger partial charge in [0.2, 0.25) is 5.91 Å². The average molecular weight is 730 g/mol. The highest BCUT2D eigenvalue weighted by atomic mass is 16.5. The third-order valence-corrected chi connectivity index (χ3v) is 8.98. The van der Waals surface area contributed by atoms with Crippen LogP contribution in [0.4, 0.5) is 0 Å². The van der Waals surface area contributed by atoms with Crippen LogP contribution < -0.4 is 11.1 Å². The van der Waals surface area contributed by atoms with Crippen LogP contribution in [0.2, 0.25) is 0 Å². The minimum atomic E-state index is -1.23. The molecule has 1 fully saturated rings. The number of piperidine rings is 1. The summed E-state index contributed by atoms with van der Waals surface area (Å²) in [6, 6.07) is 0. The van der Waals surface area contributed by atoms with E-state index in [4.69, 9.17) is 9.47 Å². The summed E-state index contributed by atoms with van der Waals surface area (Å²) in [4.78, 5) is 68.8. The number of nitrogens with zero attached hydrogens (tertiary/aromatic N) is 3. The first-order valence-electron chi connectivity index (χ1n) is 17.3. The van der Waals surface area contributed by atoms with Crippen molar-refractivity contribution in [2.75, 3.05) is 32.9 Å². The first-order chi connectivity index (χ1) is 24.9. The van der Waals surface area contributed by atoms with E-state index in [1.807, 2.05) is 13.8 Å². The molecule has 0 atom stereocenters. The summed E-state index contributed by atoms with van der Waals surface area (Å²) in [5, 5.41) is 21.1. The second-order valence-corrected chi connectivity index (χ2v) is 13.7. The maximum Gasteiger partial charge on any atom is 0.340 e. The number of H-pyrrole nitrogens is 2. The van der Waals surface area contributed by atoms with Gasteiger partial charge in [0, 0.05) is 86.9 Å². The van der Waals surface area contributed by atoms with Crippen LogP contribution in [0.1, 0.15) is 90.7 Å². The molecular formula is C39H47N5O9. The standard InChI is InChI=1S/C21H25N3O5.C18H22N2O4/c1-5-29-20(27)16-13(2)22-18-17(16)15(12-23(4)19(18)26)6-7-21(28)8-10-24(11-9-21)14(3)25;1-6-24-17(23)13-11(2)19-15-14(13)12(9-20(5)16(15)22)7-8-18(3,4)10-21/h12,22,28H,5,8-11H2,1-4H3;9,19,21H,6,10H2,1-5H3. The van der Waals surface area contributed by atoms with Gasteiger partial charge in [-0.3, -0.25) is 14.4 Å². The molecule has 282 valence electrons. The predicted octanol–water partition coefficient (Wildman–Crippen LogP) is 2.80. The van der Waals surface area contributed by atoms with E-state index in [9.17, 15) is 34.2 Å². The number of amides is 1. The molecule has 0 aromatic carbocycles. The molecule has 0 bridgehead atoms. The second-order valence-electron chi connectivity index (χ2n) is 13.7. The first kappa shape index (κ1) is 40.2. The van der Waals surface area contributed by atoms with Gasteiger partial charge in [0.25, 0.3) is 11.1 Å². The van der Waals surface area contributed by atoms with Gasteiger partial charge < -0.3 is 43.7 Å². The second kappa shape index (κ2) is 16.0. The summed E-state index contributed by atoms with van der Waals surface area (Å²) in [5.41, 5.74) is 0.961. The van der Waals surface area contributed by atoms with Crippen LogP contribution in [-0.4, -0.2) is 90.6 Å². The average Bonchev–Trinajstić information content (AvgIpc) is 3.64. The van der Waals surface area contributed by atoms with Crippen LogP contribution in [0.5, 0.6) is 0 Å². The SMILES string of the molecule is CCOC(=O)c1c(C)[nH]c2c(=O)n(C)cc(C#CC(C)(C)CO)c12.CCOC(=O)c1c(C)[nH]c2c(=O)n(C)cc(C#CC3(O)CCN(C(C)=O)CC3)c12. The molecule has 5 heterocycles. The van der Waals surface area contributed by atoms with Crippen LogP contribution in [-0.2, 0) is 28.4 Å². The summed E-state index contributed by atoms with van der Waals surface area (Å²) in [6.07, 6.45) is 3.83. The number of likely N-dealkylation sites (tertiary alicyclic amines) is 1. The molecule has 1 aliphatic rings. The number of rotatable bonds is 5. The summed E-state index contributed by atoms with van der Waals surface area (Å²) in [7, 11) is 3.23. The number of ether oxygens (including phenoxy) is 2. The highest BCUT2D eigenvalue weighted by molar-refractivity contribution is 6.08. The minimum Gasteiger partial charge on any atom is -0.462 e. The highest BCUT2D eigenvalue weighted by Gasteiger charge is 2.32. The van der Waals surface area contributed by atoms with Gasteiger partial charge in [-0.25, -0.2) is 9.59 Å². The van der Waals surface area contributed by atoms with E-state index in [-0.39, 0.29) is 47.9 Å². The van der Waals surface area contributed by atoms with Crippen LogP contribution in [0.3, 0.4) is 0 Å². The smallest absolute Gasteiger partial charge is 0.340 e. The van der Waals surface area contributed by atoms with Crippen molar-refractivity contribution in [3.05, 3.63) is 66.7 Å². The number of carbonyl (C=O) groups excluding carboxylic acids is 3. The molecule has 0 aliphatic carbocycles. The Labute approximate surface area is 307 Å². The maximum absolute atomic E-state index is 12.5. The predicted molar refractivity (Wildman–Crippen MR) is 200 cm³/mol. The van der Waals surface area contributed by atoms with Gasteiger partial charge in [-0.15, -0.1) is 0 Å². The molecule has 0 unspecified atom stereocenters. The van der Waals surface area contributed by atoms with Gasteiger partial charge in [0.15, 0.2) is 0 Å². The lowest BCUT2D eigenvalue weighted by Gasteiger charge is -2.34. The van der Waals surface area contributed by atoms with Crippen molar-refractivity contribution in [2.24, 2.45) is 19.5 Å². The third-order valence-electron chi connectivity index (χ3n) is 8.98. The first-order valence-corrected chi connectivity index (χ1v) is 17.3. The number of fused-ring (bicyclic) bond motifs is 2. The third kappa shape index (κ3) is 8.57. The number of aliphatic hydroxyl groups excluding tert-OH is 1. The molecule has 1 saturated heterocycles. The molecule has 4 aromatic rings. The van der Waals surface area contributed by atoms with Gasteiger partial charge >= 0.3 is 11.9 Å². The zero-order valence-electron chi connectivity index (χ0n) is 31.7. The molecule has 0 radical (unpaired) electrons. The van der Waals surface area contributed by atoms with E-state index in [0.29, 0.717) is 70.3 Å². The Morgan fingerprint density at radius 3 is 1.68 bits per heavy atom. The number of hydrogen-bond acceptors (Lipinski definition) is 9. The summed E-state index contributed by atoms with van der Waals surface area (Å²) in [5.74, 6) is 10.8. The Bertz CT molecular complexity index is 2330. The highest BCUT2D eigenvalue weighted by Crippen LogP contribution is 2.27. The molecule has 4 aromatic heterocycles. The number of esters is 2. The van der Waals surface area contributed by atoms with Crippen molar-refractivity contribution in [2.45, 2.75) is 66.9 Å². The van der Waals surface area contributed by atoms with Crippen molar-refractivity contribution in [3.8, 4) is 23.7 Å². The molecule has 1 amide bonds. The molecule has 4 N–H and O–H groups in total. The van der Waals surface area contributed by atoms with E-state index >= 15 is 0 Å². The van der Waals surface area contributed by atoms with Gasteiger partial charge in [-0.05, 0) is 41.5 Å². The molecule has 0 saturated carbocycles. The summed E-state index contributed by atoms with van der Waals surface area (Å²) < 4.78 is 13.1. The molecule has 14 nitrogen and oxygen atoms in total. The van der Waals surface area contributed by atoms with Gasteiger partial charge in [-0.2, -0.15) is 0 Å². The molecule has 14 heteroatoms. The normalized spacial score (nSPS) is 13.7. The van der Waals surface area contributed by atoms with Crippen LogP contribution >= 0.6 is 0 Å². The number of aryl methyl sites for hydroxylation is 4. The van der Waals surface area contributed by atoms with Crippen LogP contribution in [0, 0.1) is 42.9 Å². The van der Waals surface area contributed by atoms with Gasteiger partial charge in [0.05, 0.1) is 42.1 Å². The number of aliphatic hydroxyl groups is 2. The maximum atomic E-state index is 12.5. The molecule has 1 aliphatic heterocycles.